The molecule has 2 N–H and O–H groups in total. The summed E-state index contributed by atoms with van der Waals surface area (Å²) >= 11 is 11.4. The largest absolute Gasteiger partial charge is 0.391 e. The van der Waals surface area contributed by atoms with Gasteiger partial charge in [-0.05, 0) is 24.5 Å². The van der Waals surface area contributed by atoms with E-state index in [1.54, 1.807) is 0 Å². The van der Waals surface area contributed by atoms with Crippen LogP contribution < -0.4 is 5.32 Å². The van der Waals surface area contributed by atoms with Gasteiger partial charge in [-0.25, -0.2) is 4.39 Å². The molecule has 19 heavy (non-hydrogen) atoms. The summed E-state index contributed by atoms with van der Waals surface area (Å²) in [6.45, 7) is 0.425. The number of aliphatic hydroxyl groups is 1. The fraction of sp³-hybridized carbons (Fsp3) is 0.571. The van der Waals surface area contributed by atoms with Gasteiger partial charge in [0.2, 0.25) is 0 Å². The van der Waals surface area contributed by atoms with Crippen molar-refractivity contribution < 1.29 is 9.50 Å². The van der Waals surface area contributed by atoms with Crippen molar-refractivity contribution in [1.29, 1.82) is 0 Å². The third-order valence-electron chi connectivity index (χ3n) is 3.61. The molecule has 1 atom stereocenters. The summed E-state index contributed by atoms with van der Waals surface area (Å²) in [5.74, 6) is 0.0255. The van der Waals surface area contributed by atoms with Gasteiger partial charge >= 0.3 is 0 Å². The first-order chi connectivity index (χ1) is 9.06. The lowest BCUT2D eigenvalue weighted by Crippen LogP contribution is -2.22. The molecule has 1 unspecified atom stereocenters. The summed E-state index contributed by atoms with van der Waals surface area (Å²) in [4.78, 5) is 0. The number of anilines is 1. The van der Waals surface area contributed by atoms with Crippen molar-refractivity contribution in [2.45, 2.75) is 38.2 Å². The smallest absolute Gasteiger partial charge is 0.160 e. The van der Waals surface area contributed by atoms with Crippen molar-refractivity contribution in [3.05, 3.63) is 28.0 Å². The molecule has 0 saturated heterocycles. The second-order valence-corrected chi connectivity index (χ2v) is 5.99. The van der Waals surface area contributed by atoms with E-state index in [2.05, 4.69) is 5.32 Å². The van der Waals surface area contributed by atoms with Crippen LogP contribution in [-0.4, -0.2) is 17.8 Å². The molecule has 2 rings (SSSR count). The molecule has 1 aliphatic carbocycles. The third-order valence-corrected chi connectivity index (χ3v) is 4.16. The van der Waals surface area contributed by atoms with Gasteiger partial charge in [0.1, 0.15) is 0 Å². The Hall–Kier alpha value is -0.510. The molecule has 0 radical (unpaired) electrons. The minimum absolute atomic E-state index is 0.0136. The van der Waals surface area contributed by atoms with Crippen molar-refractivity contribution >= 4 is 28.9 Å². The van der Waals surface area contributed by atoms with E-state index in [9.17, 15) is 9.50 Å². The fourth-order valence-corrected chi connectivity index (χ4v) is 3.09. The van der Waals surface area contributed by atoms with Crippen LogP contribution in [0.3, 0.4) is 0 Å². The molecular weight excluding hydrogens is 288 g/mol. The molecule has 0 aliphatic heterocycles. The van der Waals surface area contributed by atoms with E-state index < -0.39 is 11.9 Å². The maximum atomic E-state index is 13.2. The lowest BCUT2D eigenvalue weighted by atomic mass is 10.00. The highest BCUT2D eigenvalue weighted by Crippen LogP contribution is 2.29. The zero-order chi connectivity index (χ0) is 13.8. The number of benzene rings is 1. The van der Waals surface area contributed by atoms with Crippen LogP contribution in [0.5, 0.6) is 0 Å². The summed E-state index contributed by atoms with van der Waals surface area (Å²) in [5, 5.41) is 13.0. The summed E-state index contributed by atoms with van der Waals surface area (Å²) in [7, 11) is 0. The Balaban J connectivity index is 1.84. The van der Waals surface area contributed by atoms with Crippen molar-refractivity contribution in [1.82, 2.24) is 0 Å². The van der Waals surface area contributed by atoms with Gasteiger partial charge in [-0.1, -0.05) is 48.9 Å². The van der Waals surface area contributed by atoms with Gasteiger partial charge in [0, 0.05) is 12.2 Å². The molecule has 1 aliphatic rings. The van der Waals surface area contributed by atoms with Crippen molar-refractivity contribution in [2.24, 2.45) is 5.92 Å². The highest BCUT2D eigenvalue weighted by molar-refractivity contribution is 6.35. The lowest BCUT2D eigenvalue weighted by molar-refractivity contribution is 0.155. The van der Waals surface area contributed by atoms with E-state index in [-0.39, 0.29) is 10.0 Å². The SMILES string of the molecule is OC(CNc1cc(Cl)c(F)c(Cl)c1)CC1CCCC1. The summed E-state index contributed by atoms with van der Waals surface area (Å²) in [6, 6.07) is 2.95. The minimum Gasteiger partial charge on any atom is -0.391 e. The Bertz CT molecular complexity index is 412. The monoisotopic (exact) mass is 305 g/mol. The maximum Gasteiger partial charge on any atom is 0.160 e. The van der Waals surface area contributed by atoms with E-state index in [0.717, 1.165) is 6.42 Å². The van der Waals surface area contributed by atoms with E-state index in [1.165, 1.54) is 37.8 Å². The molecule has 0 bridgehead atoms. The average molecular weight is 306 g/mol. The van der Waals surface area contributed by atoms with Crippen LogP contribution in [0.25, 0.3) is 0 Å². The van der Waals surface area contributed by atoms with Crippen LogP contribution >= 0.6 is 23.2 Å². The molecule has 1 fully saturated rings. The third kappa shape index (κ3) is 4.23. The molecule has 0 amide bonds. The Morgan fingerprint density at radius 1 is 1.26 bits per heavy atom. The average Bonchev–Trinajstić information content (AvgIpc) is 2.86. The van der Waals surface area contributed by atoms with Crippen molar-refractivity contribution in [3.63, 3.8) is 0 Å². The van der Waals surface area contributed by atoms with Crippen LogP contribution in [0.1, 0.15) is 32.1 Å². The Kier molecular flexibility index (Phi) is 5.31. The van der Waals surface area contributed by atoms with Crippen LogP contribution in [0.15, 0.2) is 12.1 Å². The van der Waals surface area contributed by atoms with Gasteiger partial charge in [-0.3, -0.25) is 0 Å². The molecule has 0 aromatic heterocycles. The Morgan fingerprint density at radius 2 is 1.84 bits per heavy atom. The molecular formula is C14H18Cl2FNO. The van der Waals surface area contributed by atoms with E-state index in [1.807, 2.05) is 0 Å². The summed E-state index contributed by atoms with van der Waals surface area (Å²) < 4.78 is 13.2. The van der Waals surface area contributed by atoms with Crippen LogP contribution in [0, 0.1) is 11.7 Å². The molecule has 5 heteroatoms. The summed E-state index contributed by atoms with van der Waals surface area (Å²) in [6.07, 6.45) is 5.39. The van der Waals surface area contributed by atoms with E-state index >= 15 is 0 Å². The fourth-order valence-electron chi connectivity index (χ4n) is 2.61. The number of nitrogens with one attached hydrogen (secondary N) is 1. The van der Waals surface area contributed by atoms with Crippen molar-refractivity contribution in [3.8, 4) is 0 Å². The van der Waals surface area contributed by atoms with E-state index in [4.69, 9.17) is 23.2 Å². The first-order valence-corrected chi connectivity index (χ1v) is 7.38. The first kappa shape index (κ1) is 14.9. The molecule has 106 valence electrons. The van der Waals surface area contributed by atoms with Gasteiger partial charge in [0.25, 0.3) is 0 Å². The highest BCUT2D eigenvalue weighted by atomic mass is 35.5. The molecule has 2 nitrogen and oxygen atoms in total. The predicted molar refractivity (Wildman–Crippen MR) is 77.5 cm³/mol. The predicted octanol–water partition coefficient (Wildman–Crippen LogP) is 4.49. The molecule has 1 aromatic carbocycles. The molecule has 1 aromatic rings. The van der Waals surface area contributed by atoms with Crippen LogP contribution in [-0.2, 0) is 0 Å². The zero-order valence-electron chi connectivity index (χ0n) is 10.6. The molecule has 1 saturated carbocycles. The van der Waals surface area contributed by atoms with E-state index in [0.29, 0.717) is 18.2 Å². The molecule has 0 heterocycles. The quantitative estimate of drug-likeness (QED) is 0.786. The Labute approximate surface area is 122 Å². The number of hydrogen-bond acceptors (Lipinski definition) is 2. The number of halogens is 3. The standard InChI is InChI=1S/C14H18Cl2FNO/c15-12-6-10(7-13(16)14(12)17)18-8-11(19)5-9-3-1-2-4-9/h6-7,9,11,18-19H,1-5,8H2. The second-order valence-electron chi connectivity index (χ2n) is 5.17. The number of rotatable bonds is 5. The Morgan fingerprint density at radius 3 is 2.42 bits per heavy atom. The van der Waals surface area contributed by atoms with Gasteiger partial charge in [-0.15, -0.1) is 0 Å². The van der Waals surface area contributed by atoms with Crippen molar-refractivity contribution in [2.75, 3.05) is 11.9 Å². The van der Waals surface area contributed by atoms with Crippen LogP contribution in [0.4, 0.5) is 10.1 Å². The van der Waals surface area contributed by atoms with Gasteiger partial charge in [0.15, 0.2) is 5.82 Å². The summed E-state index contributed by atoms with van der Waals surface area (Å²) in [5.41, 5.74) is 0.627. The van der Waals surface area contributed by atoms with Gasteiger partial charge in [0.05, 0.1) is 16.1 Å². The highest BCUT2D eigenvalue weighted by Gasteiger charge is 2.18. The number of aliphatic hydroxyl groups excluding tert-OH is 1. The number of hydrogen-bond donors (Lipinski definition) is 2. The topological polar surface area (TPSA) is 32.3 Å². The first-order valence-electron chi connectivity index (χ1n) is 6.62. The minimum atomic E-state index is -0.611. The van der Waals surface area contributed by atoms with Crippen LogP contribution in [0.2, 0.25) is 10.0 Å². The lowest BCUT2D eigenvalue weighted by Gasteiger charge is -2.17. The maximum absolute atomic E-state index is 13.2. The zero-order valence-corrected chi connectivity index (χ0v) is 12.1. The molecule has 0 spiro atoms. The second kappa shape index (κ2) is 6.78. The van der Waals surface area contributed by atoms with Gasteiger partial charge in [-0.2, -0.15) is 0 Å². The normalized spacial score (nSPS) is 17.7. The van der Waals surface area contributed by atoms with Gasteiger partial charge < -0.3 is 10.4 Å².